The Labute approximate surface area is 129 Å². The number of esters is 1. The number of hydrogen-bond donors (Lipinski definition) is 1. The standard InChI is InChI=1S/C18H29NO2/c1-17(2,3)15-10-8-14(9-11-15)16(20)21-13-12-19(7)18(4,5)6/h8-11H,12-13H2,1-7H3/p+1. The molecule has 0 fully saturated rings. The van der Waals surface area contributed by atoms with Gasteiger partial charge in [-0.2, -0.15) is 0 Å². The molecule has 0 radical (unpaired) electrons. The van der Waals surface area contributed by atoms with E-state index in [1.54, 1.807) is 0 Å². The summed E-state index contributed by atoms with van der Waals surface area (Å²) in [5.41, 5.74) is 2.11. The van der Waals surface area contributed by atoms with Crippen LogP contribution >= 0.6 is 0 Å². The summed E-state index contributed by atoms with van der Waals surface area (Å²) in [6.07, 6.45) is 0. The Bertz CT molecular complexity index is 463. The summed E-state index contributed by atoms with van der Waals surface area (Å²) in [6, 6.07) is 7.71. The molecule has 1 aromatic carbocycles. The lowest BCUT2D eigenvalue weighted by atomic mass is 9.87. The first-order valence-corrected chi connectivity index (χ1v) is 7.62. The van der Waals surface area contributed by atoms with Crippen LogP contribution in [0.25, 0.3) is 0 Å². The molecule has 3 heteroatoms. The van der Waals surface area contributed by atoms with E-state index >= 15 is 0 Å². The molecular formula is C18H30NO2+. The summed E-state index contributed by atoms with van der Waals surface area (Å²) < 4.78 is 5.36. The number of carbonyl (C=O) groups excluding carboxylic acids is 1. The first-order valence-electron chi connectivity index (χ1n) is 7.62. The summed E-state index contributed by atoms with van der Waals surface area (Å²) in [6.45, 7) is 14.3. The molecule has 21 heavy (non-hydrogen) atoms. The van der Waals surface area contributed by atoms with Gasteiger partial charge in [0.05, 0.1) is 18.2 Å². The zero-order valence-electron chi connectivity index (χ0n) is 14.5. The minimum Gasteiger partial charge on any atom is -0.456 e. The second-order valence-corrected chi connectivity index (χ2v) is 7.74. The van der Waals surface area contributed by atoms with Crippen molar-refractivity contribution in [3.05, 3.63) is 35.4 Å². The van der Waals surface area contributed by atoms with Crippen LogP contribution in [0.3, 0.4) is 0 Å². The fourth-order valence-electron chi connectivity index (χ4n) is 1.86. The van der Waals surface area contributed by atoms with E-state index < -0.39 is 0 Å². The minimum absolute atomic E-state index is 0.0984. The van der Waals surface area contributed by atoms with Crippen molar-refractivity contribution >= 4 is 5.97 Å². The van der Waals surface area contributed by atoms with Crippen molar-refractivity contribution < 1.29 is 14.4 Å². The maximum atomic E-state index is 12.0. The van der Waals surface area contributed by atoms with Crippen LogP contribution in [0, 0.1) is 0 Å². The maximum Gasteiger partial charge on any atom is 0.338 e. The molecule has 0 bridgehead atoms. The number of hydrogen-bond acceptors (Lipinski definition) is 2. The van der Waals surface area contributed by atoms with Crippen molar-refractivity contribution in [1.29, 1.82) is 0 Å². The van der Waals surface area contributed by atoms with Crippen molar-refractivity contribution in [1.82, 2.24) is 0 Å². The van der Waals surface area contributed by atoms with E-state index in [1.165, 1.54) is 10.5 Å². The molecule has 0 heterocycles. The Morgan fingerprint density at radius 3 is 2.00 bits per heavy atom. The van der Waals surface area contributed by atoms with Crippen molar-refractivity contribution in [3.63, 3.8) is 0 Å². The van der Waals surface area contributed by atoms with Gasteiger partial charge in [0.1, 0.15) is 13.2 Å². The van der Waals surface area contributed by atoms with Crippen LogP contribution in [-0.2, 0) is 10.2 Å². The van der Waals surface area contributed by atoms with Crippen LogP contribution in [0.15, 0.2) is 24.3 Å². The Morgan fingerprint density at radius 2 is 1.57 bits per heavy atom. The van der Waals surface area contributed by atoms with Gasteiger partial charge in [-0.3, -0.25) is 0 Å². The number of benzene rings is 1. The highest BCUT2D eigenvalue weighted by molar-refractivity contribution is 5.89. The van der Waals surface area contributed by atoms with Gasteiger partial charge in [0.15, 0.2) is 0 Å². The van der Waals surface area contributed by atoms with Gasteiger partial charge in [-0.15, -0.1) is 0 Å². The van der Waals surface area contributed by atoms with Crippen molar-refractivity contribution in [2.24, 2.45) is 0 Å². The van der Waals surface area contributed by atoms with Crippen LogP contribution in [0.1, 0.15) is 57.5 Å². The predicted molar refractivity (Wildman–Crippen MR) is 86.9 cm³/mol. The highest BCUT2D eigenvalue weighted by Crippen LogP contribution is 2.22. The van der Waals surface area contributed by atoms with Crippen molar-refractivity contribution in [2.45, 2.75) is 52.5 Å². The number of nitrogens with one attached hydrogen (secondary N) is 1. The number of quaternary nitrogens is 1. The molecule has 0 aliphatic heterocycles. The monoisotopic (exact) mass is 292 g/mol. The van der Waals surface area contributed by atoms with Gasteiger partial charge in [0.2, 0.25) is 0 Å². The molecule has 118 valence electrons. The smallest absolute Gasteiger partial charge is 0.338 e. The molecule has 0 aromatic heterocycles. The Kier molecular flexibility index (Phi) is 5.57. The predicted octanol–water partition coefficient (Wildman–Crippen LogP) is 2.45. The molecule has 0 spiro atoms. The van der Waals surface area contributed by atoms with E-state index in [1.807, 2.05) is 24.3 Å². The number of carbonyl (C=O) groups is 1. The van der Waals surface area contributed by atoms with Gasteiger partial charge in [0, 0.05) is 0 Å². The van der Waals surface area contributed by atoms with Gasteiger partial charge in [0.25, 0.3) is 0 Å². The molecule has 0 aliphatic rings. The van der Waals surface area contributed by atoms with Gasteiger partial charge in [-0.25, -0.2) is 4.79 Å². The Morgan fingerprint density at radius 1 is 1.05 bits per heavy atom. The van der Waals surface area contributed by atoms with E-state index in [2.05, 4.69) is 48.6 Å². The van der Waals surface area contributed by atoms with Gasteiger partial charge < -0.3 is 9.64 Å². The van der Waals surface area contributed by atoms with Crippen molar-refractivity contribution in [3.8, 4) is 0 Å². The molecule has 0 saturated heterocycles. The molecule has 0 saturated carbocycles. The largest absolute Gasteiger partial charge is 0.456 e. The third kappa shape index (κ3) is 5.50. The third-order valence-electron chi connectivity index (χ3n) is 3.98. The van der Waals surface area contributed by atoms with Crippen LogP contribution in [0.5, 0.6) is 0 Å². The van der Waals surface area contributed by atoms with Crippen molar-refractivity contribution in [2.75, 3.05) is 20.2 Å². The quantitative estimate of drug-likeness (QED) is 0.864. The van der Waals surface area contributed by atoms with E-state index in [4.69, 9.17) is 4.74 Å². The van der Waals surface area contributed by atoms with Gasteiger partial charge >= 0.3 is 5.97 Å². The molecular weight excluding hydrogens is 262 g/mol. The van der Waals surface area contributed by atoms with Crippen LogP contribution in [0.2, 0.25) is 0 Å². The zero-order valence-corrected chi connectivity index (χ0v) is 14.5. The van der Waals surface area contributed by atoms with E-state index in [0.717, 1.165) is 6.54 Å². The maximum absolute atomic E-state index is 12.0. The van der Waals surface area contributed by atoms with Crippen LogP contribution < -0.4 is 4.90 Å². The van der Waals surface area contributed by atoms with Gasteiger partial charge in [-0.05, 0) is 43.9 Å². The van der Waals surface area contributed by atoms with Crippen LogP contribution in [0.4, 0.5) is 0 Å². The van der Waals surface area contributed by atoms with Crippen LogP contribution in [-0.4, -0.2) is 31.7 Å². The molecule has 0 aliphatic carbocycles. The molecule has 1 atom stereocenters. The lowest BCUT2D eigenvalue weighted by Crippen LogP contribution is -3.16. The highest BCUT2D eigenvalue weighted by atomic mass is 16.5. The third-order valence-corrected chi connectivity index (χ3v) is 3.98. The minimum atomic E-state index is -0.239. The first-order chi connectivity index (χ1) is 9.51. The van der Waals surface area contributed by atoms with E-state index in [9.17, 15) is 4.79 Å². The molecule has 1 rings (SSSR count). The summed E-state index contributed by atoms with van der Waals surface area (Å²) >= 11 is 0. The average Bonchev–Trinajstić information content (AvgIpc) is 2.36. The number of rotatable bonds is 4. The summed E-state index contributed by atoms with van der Waals surface area (Å²) in [5.74, 6) is -0.239. The molecule has 3 nitrogen and oxygen atoms in total. The molecule has 1 N–H and O–H groups in total. The summed E-state index contributed by atoms with van der Waals surface area (Å²) in [7, 11) is 2.12. The summed E-state index contributed by atoms with van der Waals surface area (Å²) in [5, 5.41) is 0. The zero-order chi connectivity index (χ0) is 16.3. The molecule has 1 unspecified atom stereocenters. The first kappa shape index (κ1) is 17.7. The fraction of sp³-hybridized carbons (Fsp3) is 0.611. The summed E-state index contributed by atoms with van der Waals surface area (Å²) in [4.78, 5) is 13.4. The Balaban J connectivity index is 2.53. The van der Waals surface area contributed by atoms with Gasteiger partial charge in [-0.1, -0.05) is 32.9 Å². The van der Waals surface area contributed by atoms with E-state index in [-0.39, 0.29) is 16.9 Å². The highest BCUT2D eigenvalue weighted by Gasteiger charge is 2.21. The van der Waals surface area contributed by atoms with E-state index in [0.29, 0.717) is 12.2 Å². The second kappa shape index (κ2) is 6.61. The lowest BCUT2D eigenvalue weighted by molar-refractivity contribution is -0.927. The fourth-order valence-corrected chi connectivity index (χ4v) is 1.86. The lowest BCUT2D eigenvalue weighted by Gasteiger charge is -2.28. The normalized spacial score (nSPS) is 13.9. The second-order valence-electron chi connectivity index (χ2n) is 7.74. The Hall–Kier alpha value is -1.35. The molecule has 0 amide bonds. The molecule has 1 aromatic rings. The topological polar surface area (TPSA) is 30.7 Å². The SMILES string of the molecule is C[NH+](CCOC(=O)c1ccc(C(C)(C)C)cc1)C(C)(C)C. The number of likely N-dealkylation sites (N-methyl/N-ethyl adjacent to an activating group) is 1. The average molecular weight is 292 g/mol. The number of ether oxygens (including phenoxy) is 1.